The third-order valence-electron chi connectivity index (χ3n) is 5.30. The summed E-state index contributed by atoms with van der Waals surface area (Å²) in [6.07, 6.45) is -2.78. The van der Waals surface area contributed by atoms with Crippen LogP contribution in [0.15, 0.2) is 72.5 Å². The molecule has 2 N–H and O–H groups in total. The number of halogens is 3. The number of anilines is 2. The van der Waals surface area contributed by atoms with Gasteiger partial charge in [-0.05, 0) is 42.0 Å². The zero-order valence-electron chi connectivity index (χ0n) is 17.5. The number of amides is 1. The largest absolute Gasteiger partial charge is 0.417 e. The molecule has 170 valence electrons. The fourth-order valence-corrected chi connectivity index (χ4v) is 4.49. The molecule has 0 saturated carbocycles. The second-order valence-electron chi connectivity index (χ2n) is 7.59. The number of pyridine rings is 2. The van der Waals surface area contributed by atoms with Crippen LogP contribution in [0.3, 0.4) is 0 Å². The molecule has 1 amide bonds. The van der Waals surface area contributed by atoms with Gasteiger partial charge >= 0.3 is 6.18 Å². The van der Waals surface area contributed by atoms with Crippen molar-refractivity contribution in [2.45, 2.75) is 12.7 Å². The van der Waals surface area contributed by atoms with Crippen molar-refractivity contribution in [3.8, 4) is 0 Å². The van der Waals surface area contributed by atoms with Gasteiger partial charge in [-0.1, -0.05) is 18.2 Å². The molecular formula is C24H16F3N5OS. The van der Waals surface area contributed by atoms with E-state index in [-0.39, 0.29) is 12.1 Å². The molecule has 0 fully saturated rings. The summed E-state index contributed by atoms with van der Waals surface area (Å²) in [6, 6.07) is 15.2. The summed E-state index contributed by atoms with van der Waals surface area (Å²) in [6.45, 7) is 0.0957. The summed E-state index contributed by atoms with van der Waals surface area (Å²) in [5, 5.41) is 0.877. The minimum atomic E-state index is -4.62. The highest BCUT2D eigenvalue weighted by Gasteiger charge is 2.32. The molecular weight excluding hydrogens is 463 g/mol. The fourth-order valence-electron chi connectivity index (χ4n) is 3.68. The van der Waals surface area contributed by atoms with E-state index in [4.69, 9.17) is 5.73 Å². The number of nitrogens with two attached hydrogens (primary N) is 1. The van der Waals surface area contributed by atoms with E-state index >= 15 is 0 Å². The second kappa shape index (κ2) is 8.38. The summed E-state index contributed by atoms with van der Waals surface area (Å²) in [5.41, 5.74) is 8.94. The van der Waals surface area contributed by atoms with Gasteiger partial charge in [0.25, 0.3) is 5.91 Å². The topological polar surface area (TPSA) is 85.0 Å². The first-order valence-corrected chi connectivity index (χ1v) is 11.0. The molecule has 10 heteroatoms. The highest BCUT2D eigenvalue weighted by atomic mass is 32.1. The molecule has 0 bridgehead atoms. The first kappa shape index (κ1) is 21.8. The Kier molecular flexibility index (Phi) is 5.37. The number of alkyl halides is 3. The molecule has 0 aliphatic carbocycles. The number of nitrogens with zero attached hydrogens (tertiary/aromatic N) is 4. The standard InChI is InChI=1S/C24H16F3N5OS/c25-24(26,27)17-9-16(10-29-11-17)23(33)32(20-3-1-2-18-22(20)34-13-30-18)12-14-4-5-15-6-7-21(28)31-19(15)8-14/h1-11,13H,12H2,(H2,28,31). The zero-order chi connectivity index (χ0) is 23.9. The van der Waals surface area contributed by atoms with Crippen molar-refractivity contribution in [1.29, 1.82) is 0 Å². The molecule has 0 aliphatic rings. The van der Waals surface area contributed by atoms with E-state index in [9.17, 15) is 18.0 Å². The van der Waals surface area contributed by atoms with Gasteiger partial charge in [0.15, 0.2) is 0 Å². The molecule has 3 aromatic heterocycles. The molecule has 3 heterocycles. The van der Waals surface area contributed by atoms with Crippen LogP contribution in [0.2, 0.25) is 0 Å². The number of nitrogen functional groups attached to an aromatic ring is 1. The number of rotatable bonds is 4. The fraction of sp³-hybridized carbons (Fsp3) is 0.0833. The van der Waals surface area contributed by atoms with Gasteiger partial charge in [-0.2, -0.15) is 13.2 Å². The lowest BCUT2D eigenvalue weighted by molar-refractivity contribution is -0.137. The van der Waals surface area contributed by atoms with E-state index in [0.29, 0.717) is 28.7 Å². The predicted molar refractivity (Wildman–Crippen MR) is 126 cm³/mol. The molecule has 2 aromatic carbocycles. The Bertz CT molecular complexity index is 1530. The lowest BCUT2D eigenvalue weighted by Gasteiger charge is -2.24. The lowest BCUT2D eigenvalue weighted by Crippen LogP contribution is -2.31. The highest BCUT2D eigenvalue weighted by Crippen LogP contribution is 2.33. The number of benzene rings is 2. The van der Waals surface area contributed by atoms with Crippen LogP contribution < -0.4 is 10.6 Å². The first-order chi connectivity index (χ1) is 16.3. The Morgan fingerprint density at radius 2 is 1.85 bits per heavy atom. The Hall–Kier alpha value is -4.05. The molecule has 0 aliphatic heterocycles. The van der Waals surface area contributed by atoms with Crippen LogP contribution in [-0.4, -0.2) is 20.9 Å². The van der Waals surface area contributed by atoms with Gasteiger partial charge < -0.3 is 10.6 Å². The van der Waals surface area contributed by atoms with Gasteiger partial charge in [-0.25, -0.2) is 9.97 Å². The Labute approximate surface area is 195 Å². The molecule has 0 spiro atoms. The summed E-state index contributed by atoms with van der Waals surface area (Å²) in [4.78, 5) is 27.3. The van der Waals surface area contributed by atoms with Gasteiger partial charge in [0, 0.05) is 17.8 Å². The van der Waals surface area contributed by atoms with Crippen molar-refractivity contribution in [1.82, 2.24) is 15.0 Å². The minimum Gasteiger partial charge on any atom is -0.384 e. The molecule has 5 aromatic rings. The van der Waals surface area contributed by atoms with E-state index in [2.05, 4.69) is 15.0 Å². The van der Waals surface area contributed by atoms with E-state index < -0.39 is 17.6 Å². The van der Waals surface area contributed by atoms with Crippen LogP contribution in [0.25, 0.3) is 21.1 Å². The smallest absolute Gasteiger partial charge is 0.384 e. The molecule has 0 radical (unpaired) electrons. The molecule has 6 nitrogen and oxygen atoms in total. The van der Waals surface area contributed by atoms with Gasteiger partial charge in [-0.15, -0.1) is 11.3 Å². The summed E-state index contributed by atoms with van der Waals surface area (Å²) in [7, 11) is 0. The Balaban J connectivity index is 1.61. The van der Waals surface area contributed by atoms with Crippen molar-refractivity contribution in [3.63, 3.8) is 0 Å². The number of carbonyl (C=O) groups excluding carboxylic acids is 1. The molecule has 0 saturated heterocycles. The average molecular weight is 479 g/mol. The zero-order valence-corrected chi connectivity index (χ0v) is 18.3. The first-order valence-electron chi connectivity index (χ1n) is 10.1. The Morgan fingerprint density at radius 3 is 2.68 bits per heavy atom. The van der Waals surface area contributed by atoms with Gasteiger partial charge in [0.1, 0.15) is 5.82 Å². The SMILES string of the molecule is Nc1ccc2ccc(CN(C(=O)c3cncc(C(F)(F)F)c3)c3cccc4ncsc34)cc2n1. The number of thiazole rings is 1. The van der Waals surface area contributed by atoms with Crippen molar-refractivity contribution in [2.75, 3.05) is 10.6 Å². The van der Waals surface area contributed by atoms with Crippen LogP contribution in [-0.2, 0) is 12.7 Å². The van der Waals surface area contributed by atoms with Crippen LogP contribution in [0.5, 0.6) is 0 Å². The highest BCUT2D eigenvalue weighted by molar-refractivity contribution is 7.17. The number of hydrogen-bond acceptors (Lipinski definition) is 6. The van der Waals surface area contributed by atoms with Crippen LogP contribution in [0.1, 0.15) is 21.5 Å². The van der Waals surface area contributed by atoms with Crippen LogP contribution in [0.4, 0.5) is 24.7 Å². The van der Waals surface area contributed by atoms with Crippen molar-refractivity contribution >= 4 is 49.9 Å². The number of carbonyl (C=O) groups is 1. The van der Waals surface area contributed by atoms with Gasteiger partial charge in [0.2, 0.25) is 0 Å². The number of hydrogen-bond donors (Lipinski definition) is 1. The normalized spacial score (nSPS) is 11.7. The van der Waals surface area contributed by atoms with E-state index in [1.807, 2.05) is 30.3 Å². The van der Waals surface area contributed by atoms with E-state index in [0.717, 1.165) is 27.9 Å². The third-order valence-corrected chi connectivity index (χ3v) is 6.17. The van der Waals surface area contributed by atoms with Gasteiger partial charge in [-0.3, -0.25) is 9.78 Å². The molecule has 0 atom stereocenters. The monoisotopic (exact) mass is 479 g/mol. The van der Waals surface area contributed by atoms with E-state index in [1.165, 1.54) is 16.2 Å². The lowest BCUT2D eigenvalue weighted by atomic mass is 10.1. The quantitative estimate of drug-likeness (QED) is 0.358. The maximum absolute atomic E-state index is 13.6. The molecule has 0 unspecified atom stereocenters. The maximum Gasteiger partial charge on any atom is 0.417 e. The third kappa shape index (κ3) is 4.15. The second-order valence-corrected chi connectivity index (χ2v) is 8.45. The average Bonchev–Trinajstić information content (AvgIpc) is 3.31. The Morgan fingerprint density at radius 1 is 1.03 bits per heavy atom. The summed E-state index contributed by atoms with van der Waals surface area (Å²) >= 11 is 1.35. The van der Waals surface area contributed by atoms with E-state index in [1.54, 1.807) is 23.7 Å². The minimum absolute atomic E-state index is 0.0957. The summed E-state index contributed by atoms with van der Waals surface area (Å²) < 4.78 is 40.5. The number of aromatic nitrogens is 3. The van der Waals surface area contributed by atoms with Crippen LogP contribution in [0, 0.1) is 0 Å². The predicted octanol–water partition coefficient (Wildman–Crippen LogP) is 5.69. The molecule has 5 rings (SSSR count). The molecule has 34 heavy (non-hydrogen) atoms. The number of fused-ring (bicyclic) bond motifs is 2. The van der Waals surface area contributed by atoms with Crippen molar-refractivity contribution in [3.05, 3.63) is 89.2 Å². The maximum atomic E-state index is 13.6. The van der Waals surface area contributed by atoms with Crippen molar-refractivity contribution in [2.24, 2.45) is 0 Å². The van der Waals surface area contributed by atoms with Crippen LogP contribution >= 0.6 is 11.3 Å². The van der Waals surface area contributed by atoms with Crippen molar-refractivity contribution < 1.29 is 18.0 Å². The summed E-state index contributed by atoms with van der Waals surface area (Å²) in [5.74, 6) is -0.248. The van der Waals surface area contributed by atoms with Gasteiger partial charge in [0.05, 0.1) is 44.6 Å².